The van der Waals surface area contributed by atoms with E-state index in [1.54, 1.807) is 0 Å². The molecule has 0 bridgehead atoms. The van der Waals surface area contributed by atoms with Gasteiger partial charge >= 0.3 is 0 Å². The van der Waals surface area contributed by atoms with Crippen molar-refractivity contribution in [3.8, 4) is 0 Å². The smallest absolute Gasteiger partial charge is 0.0153 e. The van der Waals surface area contributed by atoms with E-state index < -0.39 is 0 Å². The van der Waals surface area contributed by atoms with Crippen molar-refractivity contribution in [2.45, 2.75) is 26.7 Å². The molecule has 2 nitrogen and oxygen atoms in total. The molecule has 2 heterocycles. The van der Waals surface area contributed by atoms with Crippen LogP contribution in [0.5, 0.6) is 0 Å². The molecule has 0 aliphatic heterocycles. The van der Waals surface area contributed by atoms with E-state index in [1.807, 2.05) is 0 Å². The van der Waals surface area contributed by atoms with Crippen LogP contribution in [0.1, 0.15) is 22.5 Å². The van der Waals surface area contributed by atoms with E-state index in [2.05, 4.69) is 48.3 Å². The van der Waals surface area contributed by atoms with E-state index in [0.717, 1.165) is 12.8 Å². The molecule has 2 aromatic heterocycles. The number of hydrogen-bond acceptors (Lipinski definition) is 0. The number of aromatic nitrogens is 2. The lowest BCUT2D eigenvalue weighted by atomic mass is 10.2. The molecule has 0 spiro atoms. The third kappa shape index (κ3) is 2.08. The summed E-state index contributed by atoms with van der Waals surface area (Å²) >= 11 is 0. The second kappa shape index (κ2) is 3.74. The quantitative estimate of drug-likeness (QED) is 0.742. The average molecular weight is 188 g/mol. The van der Waals surface area contributed by atoms with Crippen molar-refractivity contribution in [1.82, 2.24) is 9.97 Å². The third-order valence-corrected chi connectivity index (χ3v) is 2.44. The van der Waals surface area contributed by atoms with Gasteiger partial charge in [-0.25, -0.2) is 0 Å². The summed E-state index contributed by atoms with van der Waals surface area (Å²) in [6, 6.07) is 4.41. The molecule has 74 valence electrons. The Kier molecular flexibility index (Phi) is 2.44. The predicted octanol–water partition coefficient (Wildman–Crippen LogP) is 2.74. The topological polar surface area (TPSA) is 31.6 Å². The molecule has 0 amide bonds. The summed E-state index contributed by atoms with van der Waals surface area (Å²) < 4.78 is 0. The van der Waals surface area contributed by atoms with Gasteiger partial charge in [-0.05, 0) is 49.9 Å². The monoisotopic (exact) mass is 188 g/mol. The summed E-state index contributed by atoms with van der Waals surface area (Å²) in [5.74, 6) is 0. The highest BCUT2D eigenvalue weighted by molar-refractivity contribution is 5.18. The maximum atomic E-state index is 3.27. The van der Waals surface area contributed by atoms with Gasteiger partial charge in [0.1, 0.15) is 0 Å². The van der Waals surface area contributed by atoms with Crippen LogP contribution in [-0.2, 0) is 12.8 Å². The van der Waals surface area contributed by atoms with Crippen LogP contribution in [0.3, 0.4) is 0 Å². The Morgan fingerprint density at radius 3 is 1.57 bits per heavy atom. The van der Waals surface area contributed by atoms with Crippen molar-refractivity contribution in [2.24, 2.45) is 0 Å². The van der Waals surface area contributed by atoms with Crippen LogP contribution < -0.4 is 0 Å². The number of nitrogens with one attached hydrogen (secondary N) is 2. The van der Waals surface area contributed by atoms with Crippen molar-refractivity contribution >= 4 is 0 Å². The summed E-state index contributed by atoms with van der Waals surface area (Å²) in [6.07, 6.45) is 6.26. The molecule has 2 heteroatoms. The van der Waals surface area contributed by atoms with E-state index in [4.69, 9.17) is 0 Å². The average Bonchev–Trinajstić information content (AvgIpc) is 2.72. The largest absolute Gasteiger partial charge is 0.365 e. The normalized spacial score (nSPS) is 10.7. The fraction of sp³-hybridized carbons (Fsp3) is 0.333. The third-order valence-electron chi connectivity index (χ3n) is 2.44. The SMILES string of the molecule is Cc1c[nH]c(CCc2cc(C)c[nH]2)c1. The molecular formula is C12H16N2. The number of hydrogen-bond donors (Lipinski definition) is 2. The van der Waals surface area contributed by atoms with Crippen LogP contribution in [0.2, 0.25) is 0 Å². The molecule has 0 atom stereocenters. The maximum absolute atomic E-state index is 3.27. The Bertz CT molecular complexity index is 369. The zero-order valence-electron chi connectivity index (χ0n) is 8.72. The molecule has 0 saturated heterocycles. The van der Waals surface area contributed by atoms with Crippen molar-refractivity contribution < 1.29 is 0 Å². The van der Waals surface area contributed by atoms with E-state index >= 15 is 0 Å². The second-order valence-electron chi connectivity index (χ2n) is 3.90. The molecule has 2 rings (SSSR count). The molecule has 0 unspecified atom stereocenters. The summed E-state index contributed by atoms with van der Waals surface area (Å²) in [4.78, 5) is 6.54. The molecule has 14 heavy (non-hydrogen) atoms. The molecule has 0 saturated carbocycles. The molecule has 0 aliphatic carbocycles. The Balaban J connectivity index is 1.94. The van der Waals surface area contributed by atoms with Crippen LogP contribution in [0, 0.1) is 13.8 Å². The Morgan fingerprint density at radius 1 is 0.857 bits per heavy atom. The van der Waals surface area contributed by atoms with Crippen LogP contribution in [0.25, 0.3) is 0 Å². The van der Waals surface area contributed by atoms with Crippen LogP contribution in [0.4, 0.5) is 0 Å². The first kappa shape index (κ1) is 9.13. The number of rotatable bonds is 3. The summed E-state index contributed by atoms with van der Waals surface area (Å²) in [5, 5.41) is 0. The van der Waals surface area contributed by atoms with E-state index in [-0.39, 0.29) is 0 Å². The molecule has 0 fully saturated rings. The van der Waals surface area contributed by atoms with Crippen LogP contribution >= 0.6 is 0 Å². The minimum Gasteiger partial charge on any atom is -0.365 e. The molecule has 0 aromatic carbocycles. The minimum absolute atomic E-state index is 1.08. The van der Waals surface area contributed by atoms with E-state index in [1.165, 1.54) is 22.5 Å². The Morgan fingerprint density at radius 2 is 1.29 bits per heavy atom. The fourth-order valence-corrected chi connectivity index (χ4v) is 1.69. The first-order valence-corrected chi connectivity index (χ1v) is 5.02. The first-order chi connectivity index (χ1) is 6.74. The zero-order chi connectivity index (χ0) is 9.97. The van der Waals surface area contributed by atoms with E-state index in [0.29, 0.717) is 0 Å². The molecular weight excluding hydrogens is 172 g/mol. The van der Waals surface area contributed by atoms with Gasteiger partial charge in [0.05, 0.1) is 0 Å². The van der Waals surface area contributed by atoms with Gasteiger partial charge in [-0.3, -0.25) is 0 Å². The maximum Gasteiger partial charge on any atom is 0.0153 e. The van der Waals surface area contributed by atoms with Gasteiger partial charge in [-0.15, -0.1) is 0 Å². The van der Waals surface area contributed by atoms with E-state index in [9.17, 15) is 0 Å². The van der Waals surface area contributed by atoms with Gasteiger partial charge in [0.15, 0.2) is 0 Å². The lowest BCUT2D eigenvalue weighted by Crippen LogP contribution is -1.90. The van der Waals surface area contributed by atoms with Gasteiger partial charge in [0.25, 0.3) is 0 Å². The fourth-order valence-electron chi connectivity index (χ4n) is 1.69. The highest BCUT2D eigenvalue weighted by atomic mass is 14.7. The summed E-state index contributed by atoms with van der Waals surface area (Å²) in [7, 11) is 0. The van der Waals surface area contributed by atoms with Gasteiger partial charge in [0, 0.05) is 23.8 Å². The second-order valence-corrected chi connectivity index (χ2v) is 3.90. The lowest BCUT2D eigenvalue weighted by Gasteiger charge is -1.95. The van der Waals surface area contributed by atoms with Crippen molar-refractivity contribution in [1.29, 1.82) is 0 Å². The van der Waals surface area contributed by atoms with Crippen molar-refractivity contribution in [3.05, 3.63) is 47.0 Å². The molecule has 0 radical (unpaired) electrons. The van der Waals surface area contributed by atoms with Gasteiger partial charge < -0.3 is 9.97 Å². The number of aryl methyl sites for hydroxylation is 4. The zero-order valence-corrected chi connectivity index (χ0v) is 8.72. The molecule has 2 aromatic rings. The van der Waals surface area contributed by atoms with Gasteiger partial charge in [-0.1, -0.05) is 0 Å². The summed E-state index contributed by atoms with van der Waals surface area (Å²) in [6.45, 7) is 4.22. The first-order valence-electron chi connectivity index (χ1n) is 5.02. The molecule has 2 N–H and O–H groups in total. The van der Waals surface area contributed by atoms with Crippen molar-refractivity contribution in [2.75, 3.05) is 0 Å². The predicted molar refractivity (Wildman–Crippen MR) is 58.5 cm³/mol. The van der Waals surface area contributed by atoms with Crippen LogP contribution in [0.15, 0.2) is 24.5 Å². The highest BCUT2D eigenvalue weighted by Gasteiger charge is 1.98. The standard InChI is InChI=1S/C12H16N2/c1-9-5-11(13-7-9)3-4-12-6-10(2)8-14-12/h5-8,13-14H,3-4H2,1-2H3. The summed E-state index contributed by atoms with van der Waals surface area (Å²) in [5.41, 5.74) is 5.25. The highest BCUT2D eigenvalue weighted by Crippen LogP contribution is 2.08. The lowest BCUT2D eigenvalue weighted by molar-refractivity contribution is 0.898. The van der Waals surface area contributed by atoms with Gasteiger partial charge in [-0.2, -0.15) is 0 Å². The Labute approximate surface area is 84.4 Å². The number of H-pyrrole nitrogens is 2. The van der Waals surface area contributed by atoms with Crippen molar-refractivity contribution in [3.63, 3.8) is 0 Å². The minimum atomic E-state index is 1.08. The van der Waals surface area contributed by atoms with Gasteiger partial charge in [0.2, 0.25) is 0 Å². The number of aromatic amines is 2. The molecule has 0 aliphatic rings. The van der Waals surface area contributed by atoms with Crippen LogP contribution in [-0.4, -0.2) is 9.97 Å². The Hall–Kier alpha value is -1.44.